The molecule has 0 N–H and O–H groups in total. The standard InChI is InChI=1S/C64H65FN4O/c1-61(2,3)43-31-32-66-59(37-43)69-55-22-16-14-20-50(55)51-30-29-47(39-58(51)69)70-48-34-42(60-52(63(7,8)9)35-44(62(4,5)6)36-53(60)64(10,11)12)33-46(38-48)67-40-68(57-24-18-17-23-56(57)67)54-21-15-13-19-49(54)41-25-27-45(65)28-26-41/h13-39H,40H2,1-12H3. The number of halogens is 1. The first-order valence-electron chi connectivity index (χ1n) is 24.7. The molecule has 6 heteroatoms. The summed E-state index contributed by atoms with van der Waals surface area (Å²) in [6.07, 6.45) is 1.93. The highest BCUT2D eigenvalue weighted by atomic mass is 19.1. The molecule has 0 bridgehead atoms. The maximum atomic E-state index is 14.2. The predicted molar refractivity (Wildman–Crippen MR) is 293 cm³/mol. The van der Waals surface area contributed by atoms with E-state index >= 15 is 0 Å². The van der Waals surface area contributed by atoms with Crippen molar-refractivity contribution in [3.8, 4) is 39.6 Å². The van der Waals surface area contributed by atoms with Crippen LogP contribution in [0.4, 0.5) is 27.1 Å². The molecule has 70 heavy (non-hydrogen) atoms. The number of pyridine rings is 1. The largest absolute Gasteiger partial charge is 0.457 e. The third-order valence-electron chi connectivity index (χ3n) is 13.9. The van der Waals surface area contributed by atoms with Crippen LogP contribution in [0.15, 0.2) is 164 Å². The molecule has 354 valence electrons. The molecule has 2 aromatic heterocycles. The molecule has 7 aromatic carbocycles. The summed E-state index contributed by atoms with van der Waals surface area (Å²) in [6.45, 7) is 28.2. The summed E-state index contributed by atoms with van der Waals surface area (Å²) in [4.78, 5) is 9.73. The van der Waals surface area contributed by atoms with Crippen LogP contribution in [0.5, 0.6) is 11.5 Å². The van der Waals surface area contributed by atoms with Crippen LogP contribution in [-0.4, -0.2) is 16.2 Å². The monoisotopic (exact) mass is 925 g/mol. The van der Waals surface area contributed by atoms with Gasteiger partial charge in [-0.05, 0) is 133 Å². The van der Waals surface area contributed by atoms with E-state index in [1.54, 1.807) is 0 Å². The fourth-order valence-corrected chi connectivity index (χ4v) is 10.1. The lowest BCUT2D eigenvalue weighted by molar-refractivity contribution is 0.483. The number of hydrogen-bond donors (Lipinski definition) is 0. The SMILES string of the molecule is CC(C)(C)c1ccnc(-n2c3ccccc3c3ccc(Oc4cc(-c5c(C(C)(C)C)cc(C(C)(C)C)cc5C(C)(C)C)cc(N5CN(c6ccccc6-c6ccc(F)cc6)c6ccccc65)c4)cc32)c1. The van der Waals surface area contributed by atoms with Gasteiger partial charge in [0.2, 0.25) is 0 Å². The first-order valence-corrected chi connectivity index (χ1v) is 24.7. The van der Waals surface area contributed by atoms with E-state index in [1.165, 1.54) is 39.9 Å². The maximum absolute atomic E-state index is 14.2. The van der Waals surface area contributed by atoms with Crippen LogP contribution in [-0.2, 0) is 21.7 Å². The van der Waals surface area contributed by atoms with Crippen molar-refractivity contribution in [2.45, 2.75) is 105 Å². The molecule has 0 aliphatic carbocycles. The summed E-state index contributed by atoms with van der Waals surface area (Å²) >= 11 is 0. The van der Waals surface area contributed by atoms with E-state index in [-0.39, 0.29) is 27.5 Å². The summed E-state index contributed by atoms with van der Waals surface area (Å²) < 4.78 is 23.7. The average molecular weight is 925 g/mol. The van der Waals surface area contributed by atoms with Gasteiger partial charge in [-0.15, -0.1) is 0 Å². The van der Waals surface area contributed by atoms with Crippen LogP contribution in [0.2, 0.25) is 0 Å². The molecule has 0 amide bonds. The minimum absolute atomic E-state index is 0.0426. The zero-order chi connectivity index (χ0) is 49.5. The third kappa shape index (κ3) is 8.63. The highest BCUT2D eigenvalue weighted by molar-refractivity contribution is 6.09. The number of rotatable bonds is 7. The number of para-hydroxylation sites is 4. The van der Waals surface area contributed by atoms with Crippen LogP contribution in [0.1, 0.15) is 105 Å². The minimum atomic E-state index is -0.251. The van der Waals surface area contributed by atoms with Gasteiger partial charge in [0.15, 0.2) is 0 Å². The molecule has 1 aliphatic heterocycles. The second kappa shape index (κ2) is 17.0. The fraction of sp³-hybridized carbons (Fsp3) is 0.266. The molecule has 1 aliphatic rings. The van der Waals surface area contributed by atoms with Gasteiger partial charge < -0.3 is 14.5 Å². The van der Waals surface area contributed by atoms with Crippen molar-refractivity contribution in [3.05, 3.63) is 192 Å². The molecular weight excluding hydrogens is 860 g/mol. The van der Waals surface area contributed by atoms with E-state index in [4.69, 9.17) is 9.72 Å². The Hall–Kier alpha value is -7.18. The van der Waals surface area contributed by atoms with Crippen molar-refractivity contribution in [2.75, 3.05) is 16.5 Å². The lowest BCUT2D eigenvalue weighted by Crippen LogP contribution is -2.25. The average Bonchev–Trinajstić information content (AvgIpc) is 3.86. The normalized spacial score (nSPS) is 13.4. The Morgan fingerprint density at radius 2 is 1.07 bits per heavy atom. The zero-order valence-electron chi connectivity index (χ0n) is 42.9. The number of nitrogens with zero attached hydrogens (tertiary/aromatic N) is 4. The molecule has 0 fully saturated rings. The first kappa shape index (κ1) is 46.5. The fourth-order valence-electron chi connectivity index (χ4n) is 10.1. The topological polar surface area (TPSA) is 33.5 Å². The molecule has 10 rings (SSSR count). The summed E-state index contributed by atoms with van der Waals surface area (Å²) in [5.41, 5.74) is 15.4. The van der Waals surface area contributed by atoms with Crippen LogP contribution < -0.4 is 14.5 Å². The van der Waals surface area contributed by atoms with Crippen molar-refractivity contribution in [1.82, 2.24) is 9.55 Å². The van der Waals surface area contributed by atoms with Gasteiger partial charge in [0, 0.05) is 40.4 Å². The van der Waals surface area contributed by atoms with Gasteiger partial charge in [0.1, 0.15) is 29.8 Å². The summed E-state index contributed by atoms with van der Waals surface area (Å²) in [5.74, 6) is 2.10. The van der Waals surface area contributed by atoms with Gasteiger partial charge in [-0.1, -0.05) is 156 Å². The Bertz CT molecular complexity index is 3410. The summed E-state index contributed by atoms with van der Waals surface area (Å²) in [7, 11) is 0. The van der Waals surface area contributed by atoms with Crippen LogP contribution in [0.25, 0.3) is 49.9 Å². The van der Waals surface area contributed by atoms with E-state index < -0.39 is 0 Å². The molecule has 3 heterocycles. The van der Waals surface area contributed by atoms with E-state index in [1.807, 2.05) is 18.3 Å². The molecule has 0 radical (unpaired) electrons. The highest BCUT2D eigenvalue weighted by Gasteiger charge is 2.33. The van der Waals surface area contributed by atoms with Gasteiger partial charge in [-0.3, -0.25) is 4.57 Å². The number of fused-ring (bicyclic) bond motifs is 4. The number of ether oxygens (including phenoxy) is 1. The molecule has 0 spiro atoms. The van der Waals surface area contributed by atoms with Gasteiger partial charge in [0.25, 0.3) is 0 Å². The number of hydrogen-bond acceptors (Lipinski definition) is 4. The first-order chi connectivity index (χ1) is 33.1. The van der Waals surface area contributed by atoms with Crippen LogP contribution in [0.3, 0.4) is 0 Å². The minimum Gasteiger partial charge on any atom is -0.457 e. The van der Waals surface area contributed by atoms with Crippen LogP contribution >= 0.6 is 0 Å². The summed E-state index contributed by atoms with van der Waals surface area (Å²) in [5, 5.41) is 2.30. The quantitative estimate of drug-likeness (QED) is 0.159. The molecule has 9 aromatic rings. The van der Waals surface area contributed by atoms with Crippen molar-refractivity contribution in [1.29, 1.82) is 0 Å². The second-order valence-corrected chi connectivity index (χ2v) is 23.2. The lowest BCUT2D eigenvalue weighted by atomic mass is 9.71. The molecule has 0 atom stereocenters. The maximum Gasteiger partial charge on any atom is 0.137 e. The van der Waals surface area contributed by atoms with Gasteiger partial charge >= 0.3 is 0 Å². The third-order valence-corrected chi connectivity index (χ3v) is 13.9. The molecule has 0 saturated heterocycles. The van der Waals surface area contributed by atoms with E-state index in [9.17, 15) is 4.39 Å². The Kier molecular flexibility index (Phi) is 11.3. The Morgan fingerprint density at radius 1 is 0.471 bits per heavy atom. The second-order valence-electron chi connectivity index (χ2n) is 23.2. The highest BCUT2D eigenvalue weighted by Crippen LogP contribution is 2.50. The van der Waals surface area contributed by atoms with Gasteiger partial charge in [-0.2, -0.15) is 0 Å². The molecule has 5 nitrogen and oxygen atoms in total. The van der Waals surface area contributed by atoms with Crippen molar-refractivity contribution in [2.24, 2.45) is 0 Å². The van der Waals surface area contributed by atoms with Crippen molar-refractivity contribution >= 4 is 44.6 Å². The summed E-state index contributed by atoms with van der Waals surface area (Å²) in [6, 6.07) is 54.9. The van der Waals surface area contributed by atoms with E-state index in [0.717, 1.165) is 78.6 Å². The Balaban J connectivity index is 1.18. The number of benzene rings is 7. The van der Waals surface area contributed by atoms with E-state index in [0.29, 0.717) is 6.67 Å². The Morgan fingerprint density at radius 3 is 1.73 bits per heavy atom. The van der Waals surface area contributed by atoms with Gasteiger partial charge in [-0.25, -0.2) is 9.37 Å². The lowest BCUT2D eigenvalue weighted by Gasteiger charge is -2.34. The smallest absolute Gasteiger partial charge is 0.137 e. The number of aromatic nitrogens is 2. The zero-order valence-corrected chi connectivity index (χ0v) is 42.9. The number of anilines is 4. The van der Waals surface area contributed by atoms with E-state index in [2.05, 4.69) is 231 Å². The van der Waals surface area contributed by atoms with Crippen LogP contribution in [0, 0.1) is 5.82 Å². The molecule has 0 saturated carbocycles. The van der Waals surface area contributed by atoms with Crippen molar-refractivity contribution < 1.29 is 9.13 Å². The predicted octanol–water partition coefficient (Wildman–Crippen LogP) is 17.9. The van der Waals surface area contributed by atoms with Crippen molar-refractivity contribution in [3.63, 3.8) is 0 Å². The molecular formula is C64H65FN4O. The Labute approximate surface area is 414 Å². The molecule has 0 unspecified atom stereocenters. The van der Waals surface area contributed by atoms with Gasteiger partial charge in [0.05, 0.1) is 28.1 Å².